The van der Waals surface area contributed by atoms with E-state index in [2.05, 4.69) is 36.3 Å². The number of carbonyl (C=O) groups excluding carboxylic acids is 1. The number of hydrogen-bond donors (Lipinski definition) is 2. The lowest BCUT2D eigenvalue weighted by molar-refractivity contribution is -0.143. The van der Waals surface area contributed by atoms with Crippen molar-refractivity contribution in [2.75, 3.05) is 13.1 Å². The molecule has 2 rings (SSSR count). The van der Waals surface area contributed by atoms with Gasteiger partial charge in [-0.1, -0.05) is 32.1 Å². The van der Waals surface area contributed by atoms with Gasteiger partial charge in [0.2, 0.25) is 0 Å². The Morgan fingerprint density at radius 2 is 2.14 bits per heavy atom. The first kappa shape index (κ1) is 16.7. The first-order valence-electron chi connectivity index (χ1n) is 7.36. The van der Waals surface area contributed by atoms with Crippen molar-refractivity contribution in [3.05, 3.63) is 10.0 Å². The molecule has 0 bridgehead atoms. The van der Waals surface area contributed by atoms with Crippen LogP contribution in [0.3, 0.4) is 0 Å². The average Bonchev–Trinajstić information content (AvgIpc) is 2.94. The fraction of sp³-hybridized carbons (Fsp3) is 0.714. The van der Waals surface area contributed by atoms with Gasteiger partial charge in [0.25, 0.3) is 0 Å². The van der Waals surface area contributed by atoms with E-state index in [0.29, 0.717) is 19.5 Å². The Kier molecular flexibility index (Phi) is 5.00. The van der Waals surface area contributed by atoms with Gasteiger partial charge in [-0.05, 0) is 12.8 Å². The summed E-state index contributed by atoms with van der Waals surface area (Å²) in [6, 6.07) is -0.238. The van der Waals surface area contributed by atoms with Crippen LogP contribution < -0.4 is 5.32 Å². The van der Waals surface area contributed by atoms with Crippen LogP contribution in [-0.2, 0) is 16.8 Å². The third kappa shape index (κ3) is 4.16. The smallest absolute Gasteiger partial charge is 0.317 e. The summed E-state index contributed by atoms with van der Waals surface area (Å²) in [6.07, 6.45) is 1.35. The maximum atomic E-state index is 12.1. The Bertz CT molecular complexity index is 553. The Balaban J connectivity index is 1.87. The predicted octanol–water partition coefficient (Wildman–Crippen LogP) is 1.84. The number of piperidine rings is 1. The minimum absolute atomic E-state index is 0.0541. The molecule has 1 aliphatic heterocycles. The van der Waals surface area contributed by atoms with Gasteiger partial charge in [0, 0.05) is 18.5 Å². The number of aromatic nitrogens is 2. The molecule has 1 unspecified atom stereocenters. The van der Waals surface area contributed by atoms with E-state index >= 15 is 0 Å². The molecule has 0 aromatic carbocycles. The predicted molar refractivity (Wildman–Crippen MR) is 82.8 cm³/mol. The fourth-order valence-electron chi connectivity index (χ4n) is 2.25. The van der Waals surface area contributed by atoms with Crippen molar-refractivity contribution in [3.8, 4) is 0 Å². The van der Waals surface area contributed by atoms with Crippen molar-refractivity contribution in [2.45, 2.75) is 45.6 Å². The van der Waals surface area contributed by atoms with Crippen molar-refractivity contribution < 1.29 is 14.7 Å². The first-order chi connectivity index (χ1) is 10.3. The van der Waals surface area contributed by atoms with E-state index in [0.717, 1.165) is 16.4 Å². The Hall–Kier alpha value is -1.70. The summed E-state index contributed by atoms with van der Waals surface area (Å²) in [4.78, 5) is 24.7. The maximum Gasteiger partial charge on any atom is 0.317 e. The zero-order valence-corrected chi connectivity index (χ0v) is 13.9. The van der Waals surface area contributed by atoms with Gasteiger partial charge in [0.05, 0.1) is 12.5 Å². The second-order valence-corrected chi connectivity index (χ2v) is 7.60. The van der Waals surface area contributed by atoms with Crippen LogP contribution in [0.25, 0.3) is 0 Å². The number of nitrogens with one attached hydrogen (secondary N) is 1. The topological polar surface area (TPSA) is 95.4 Å². The van der Waals surface area contributed by atoms with E-state index in [9.17, 15) is 9.59 Å². The molecule has 1 atom stereocenters. The molecular weight excluding hydrogens is 304 g/mol. The van der Waals surface area contributed by atoms with E-state index in [4.69, 9.17) is 5.11 Å². The molecule has 0 aliphatic carbocycles. The van der Waals surface area contributed by atoms with E-state index in [1.807, 2.05) is 0 Å². The van der Waals surface area contributed by atoms with E-state index < -0.39 is 11.9 Å². The van der Waals surface area contributed by atoms with E-state index in [-0.39, 0.29) is 18.0 Å². The van der Waals surface area contributed by atoms with Gasteiger partial charge in [-0.2, -0.15) is 0 Å². The molecule has 1 aliphatic rings. The highest BCUT2D eigenvalue weighted by molar-refractivity contribution is 7.11. The summed E-state index contributed by atoms with van der Waals surface area (Å²) in [5.74, 6) is -1.30. The summed E-state index contributed by atoms with van der Waals surface area (Å²) in [5, 5.41) is 21.8. The van der Waals surface area contributed by atoms with Crippen LogP contribution in [0.4, 0.5) is 4.79 Å². The van der Waals surface area contributed by atoms with Crippen molar-refractivity contribution in [1.29, 1.82) is 0 Å². The third-order valence-corrected chi connectivity index (χ3v) is 4.91. The molecule has 2 amide bonds. The number of likely N-dealkylation sites (tertiary alicyclic amines) is 1. The van der Waals surface area contributed by atoms with E-state index in [1.165, 1.54) is 11.3 Å². The molecule has 122 valence electrons. The second kappa shape index (κ2) is 6.60. The summed E-state index contributed by atoms with van der Waals surface area (Å²) < 4.78 is 0. The summed E-state index contributed by atoms with van der Waals surface area (Å²) in [5.41, 5.74) is -0.0541. The van der Waals surface area contributed by atoms with Crippen LogP contribution in [0.5, 0.6) is 0 Å². The molecule has 2 heterocycles. The number of rotatable bonds is 3. The minimum Gasteiger partial charge on any atom is -0.481 e. The van der Waals surface area contributed by atoms with Gasteiger partial charge in [0.1, 0.15) is 10.0 Å². The summed E-state index contributed by atoms with van der Waals surface area (Å²) in [7, 11) is 0. The number of nitrogens with zero attached hydrogens (tertiary/aromatic N) is 3. The molecule has 1 aromatic rings. The number of hydrogen-bond acceptors (Lipinski definition) is 5. The molecule has 0 saturated carbocycles. The number of carboxylic acids is 1. The maximum absolute atomic E-state index is 12.1. The summed E-state index contributed by atoms with van der Waals surface area (Å²) >= 11 is 1.48. The van der Waals surface area contributed by atoms with Gasteiger partial charge < -0.3 is 15.3 Å². The molecule has 8 heteroatoms. The van der Waals surface area contributed by atoms with Crippen LogP contribution in [0.2, 0.25) is 0 Å². The zero-order chi connectivity index (χ0) is 16.3. The van der Waals surface area contributed by atoms with Crippen LogP contribution in [0, 0.1) is 5.92 Å². The highest BCUT2D eigenvalue weighted by atomic mass is 32.1. The standard InChI is InChI=1S/C14H22N4O3S/c1-14(2,3)12-17-16-10(22-12)7-15-13(21)18-6-4-5-9(8-18)11(19)20/h9H,4-8H2,1-3H3,(H,15,21)(H,19,20). The molecule has 1 saturated heterocycles. The largest absolute Gasteiger partial charge is 0.481 e. The molecule has 0 radical (unpaired) electrons. The molecule has 7 nitrogen and oxygen atoms in total. The summed E-state index contributed by atoms with van der Waals surface area (Å²) in [6.45, 7) is 7.38. The second-order valence-electron chi connectivity index (χ2n) is 6.53. The van der Waals surface area contributed by atoms with Crippen molar-refractivity contribution in [1.82, 2.24) is 20.4 Å². The van der Waals surface area contributed by atoms with Crippen LogP contribution >= 0.6 is 11.3 Å². The Morgan fingerprint density at radius 3 is 2.73 bits per heavy atom. The normalized spacial score (nSPS) is 19.0. The van der Waals surface area contributed by atoms with Crippen molar-refractivity contribution in [2.24, 2.45) is 5.92 Å². The average molecular weight is 326 g/mol. The SMILES string of the molecule is CC(C)(C)c1nnc(CNC(=O)N2CCCC(C(=O)O)C2)s1. The molecule has 1 aromatic heterocycles. The van der Waals surface area contributed by atoms with Gasteiger partial charge in [-0.3, -0.25) is 4.79 Å². The first-order valence-corrected chi connectivity index (χ1v) is 8.17. The molecule has 22 heavy (non-hydrogen) atoms. The fourth-order valence-corrected chi connectivity index (χ4v) is 3.09. The van der Waals surface area contributed by atoms with Gasteiger partial charge in [0.15, 0.2) is 0 Å². The van der Waals surface area contributed by atoms with E-state index in [1.54, 1.807) is 4.90 Å². The van der Waals surface area contributed by atoms with Crippen molar-refractivity contribution in [3.63, 3.8) is 0 Å². The lowest BCUT2D eigenvalue weighted by Gasteiger charge is -2.30. The van der Waals surface area contributed by atoms with Crippen molar-refractivity contribution >= 4 is 23.3 Å². The monoisotopic (exact) mass is 326 g/mol. The third-order valence-electron chi connectivity index (χ3n) is 3.56. The zero-order valence-electron chi connectivity index (χ0n) is 13.1. The van der Waals surface area contributed by atoms with Crippen LogP contribution in [-0.4, -0.2) is 45.3 Å². The quantitative estimate of drug-likeness (QED) is 0.883. The number of carbonyl (C=O) groups is 2. The molecule has 1 fully saturated rings. The molecule has 2 N–H and O–H groups in total. The highest BCUT2D eigenvalue weighted by Crippen LogP contribution is 2.25. The number of urea groups is 1. The minimum atomic E-state index is -0.837. The number of amides is 2. The van der Waals surface area contributed by atoms with Gasteiger partial charge in [-0.15, -0.1) is 10.2 Å². The number of carboxylic acid groups (broad SMARTS) is 1. The number of aliphatic carboxylic acids is 1. The highest BCUT2D eigenvalue weighted by Gasteiger charge is 2.28. The van der Waals surface area contributed by atoms with Crippen LogP contribution in [0.1, 0.15) is 43.6 Å². The van der Waals surface area contributed by atoms with Crippen LogP contribution in [0.15, 0.2) is 0 Å². The lowest BCUT2D eigenvalue weighted by atomic mass is 9.98. The molecule has 0 spiro atoms. The Morgan fingerprint density at radius 1 is 1.41 bits per heavy atom. The molecular formula is C14H22N4O3S. The van der Waals surface area contributed by atoms with Gasteiger partial charge >= 0.3 is 12.0 Å². The Labute approximate surface area is 133 Å². The lowest BCUT2D eigenvalue weighted by Crippen LogP contribution is -2.46. The van der Waals surface area contributed by atoms with Gasteiger partial charge in [-0.25, -0.2) is 4.79 Å².